The minimum Gasteiger partial charge on any atom is -0.473 e. The Balaban J connectivity index is 0.000000484. The van der Waals surface area contributed by atoms with Crippen LogP contribution in [-0.2, 0) is 17.8 Å². The Labute approximate surface area is 253 Å². The standard InChI is InChI=1S/C24H14F3N7O2S.C6H12O/c25-16-6-12(10-28)4-5-13(16)11-36-21-3-1-2-19(29-21)15-9-17(26)14(7-18(15)27)8-20-30-22(33-32-20)23-31-24(35)37-34-23;1-6(2)3-4-7-5-6/h1-7,9H,8,11H2,(H,30,32,33)(H,31,34,35);3-5H2,1-2H3. The van der Waals surface area contributed by atoms with Gasteiger partial charge in [-0.15, -0.1) is 0 Å². The van der Waals surface area contributed by atoms with Crippen LogP contribution in [0.2, 0.25) is 0 Å². The maximum atomic E-state index is 15.0. The van der Waals surface area contributed by atoms with Gasteiger partial charge in [0.25, 0.3) is 0 Å². The first-order valence-corrected chi connectivity index (χ1v) is 14.2. The summed E-state index contributed by atoms with van der Waals surface area (Å²) in [4.78, 5) is 21.7. The highest BCUT2D eigenvalue weighted by Gasteiger charge is 2.23. The molecule has 0 aliphatic carbocycles. The summed E-state index contributed by atoms with van der Waals surface area (Å²) in [5.74, 6) is -1.37. The molecular formula is C30H26F3N7O3S. The molecule has 226 valence electrons. The third kappa shape index (κ3) is 7.55. The average molecular weight is 622 g/mol. The Bertz CT molecular complexity index is 1870. The Kier molecular flexibility index (Phi) is 9.17. The first-order chi connectivity index (χ1) is 21.1. The van der Waals surface area contributed by atoms with E-state index in [-0.39, 0.29) is 69.2 Å². The third-order valence-corrected chi connectivity index (χ3v) is 7.19. The molecule has 0 atom stereocenters. The van der Waals surface area contributed by atoms with Crippen LogP contribution in [0.1, 0.15) is 42.8 Å². The highest BCUT2D eigenvalue weighted by Crippen LogP contribution is 2.28. The topological polar surface area (TPSA) is 142 Å². The number of pyridine rings is 1. The molecular weight excluding hydrogens is 595 g/mol. The molecule has 1 saturated heterocycles. The van der Waals surface area contributed by atoms with Crippen LogP contribution >= 0.6 is 11.5 Å². The van der Waals surface area contributed by atoms with E-state index in [1.54, 1.807) is 6.07 Å². The Morgan fingerprint density at radius 3 is 2.55 bits per heavy atom. The normalized spacial score (nSPS) is 13.6. The Morgan fingerprint density at radius 1 is 1.07 bits per heavy atom. The molecule has 14 heteroatoms. The van der Waals surface area contributed by atoms with Gasteiger partial charge < -0.3 is 9.47 Å². The number of aromatic nitrogens is 6. The van der Waals surface area contributed by atoms with Gasteiger partial charge in [-0.3, -0.25) is 14.9 Å². The number of rotatable bonds is 7. The number of hydrogen-bond acceptors (Lipinski definition) is 9. The molecule has 0 saturated carbocycles. The van der Waals surface area contributed by atoms with Crippen LogP contribution in [0, 0.1) is 34.2 Å². The van der Waals surface area contributed by atoms with E-state index in [2.05, 4.69) is 43.4 Å². The van der Waals surface area contributed by atoms with E-state index in [0.717, 1.165) is 31.4 Å². The van der Waals surface area contributed by atoms with Crippen molar-refractivity contribution in [2.75, 3.05) is 13.2 Å². The van der Waals surface area contributed by atoms with Crippen LogP contribution in [0.25, 0.3) is 22.9 Å². The molecule has 0 radical (unpaired) electrons. The summed E-state index contributed by atoms with van der Waals surface area (Å²) < 4.78 is 58.5. The zero-order valence-corrected chi connectivity index (χ0v) is 24.5. The van der Waals surface area contributed by atoms with Crippen LogP contribution in [0.5, 0.6) is 5.88 Å². The summed E-state index contributed by atoms with van der Waals surface area (Å²) in [7, 11) is 0. The average Bonchev–Trinajstić information content (AvgIpc) is 3.75. The van der Waals surface area contributed by atoms with Crippen molar-refractivity contribution in [1.82, 2.24) is 29.5 Å². The van der Waals surface area contributed by atoms with E-state index in [1.807, 2.05) is 6.07 Å². The van der Waals surface area contributed by atoms with Gasteiger partial charge >= 0.3 is 4.87 Å². The fourth-order valence-electron chi connectivity index (χ4n) is 4.21. The molecule has 6 rings (SSSR count). The number of nitrogens with one attached hydrogen (secondary N) is 2. The fourth-order valence-corrected chi connectivity index (χ4v) is 4.65. The number of nitriles is 1. The van der Waals surface area contributed by atoms with E-state index in [4.69, 9.17) is 14.7 Å². The number of hydrogen-bond donors (Lipinski definition) is 2. The Morgan fingerprint density at radius 2 is 1.89 bits per heavy atom. The van der Waals surface area contributed by atoms with Gasteiger partial charge in [0.05, 0.1) is 23.9 Å². The summed E-state index contributed by atoms with van der Waals surface area (Å²) in [6, 6.07) is 12.4. The van der Waals surface area contributed by atoms with Crippen molar-refractivity contribution in [1.29, 1.82) is 5.26 Å². The molecule has 1 fully saturated rings. The van der Waals surface area contributed by atoms with Gasteiger partial charge in [-0.05, 0) is 47.7 Å². The molecule has 1 aliphatic rings. The summed E-state index contributed by atoms with van der Waals surface area (Å²) in [6.07, 6.45) is 1.14. The number of halogens is 3. The molecule has 2 aromatic carbocycles. The molecule has 3 aromatic heterocycles. The second-order valence-corrected chi connectivity index (χ2v) is 11.4. The van der Waals surface area contributed by atoms with Crippen LogP contribution in [0.4, 0.5) is 13.2 Å². The predicted octanol–water partition coefficient (Wildman–Crippen LogP) is 5.57. The molecule has 10 nitrogen and oxygen atoms in total. The van der Waals surface area contributed by atoms with Crippen molar-refractivity contribution in [2.24, 2.45) is 5.41 Å². The van der Waals surface area contributed by atoms with Crippen molar-refractivity contribution in [3.8, 4) is 34.9 Å². The lowest BCUT2D eigenvalue weighted by Gasteiger charge is -2.11. The van der Waals surface area contributed by atoms with E-state index in [0.29, 0.717) is 16.9 Å². The number of nitrogens with zero attached hydrogens (tertiary/aromatic N) is 5. The first kappa shape index (κ1) is 30.6. The zero-order valence-electron chi connectivity index (χ0n) is 23.7. The molecule has 1 aliphatic heterocycles. The first-order valence-electron chi connectivity index (χ1n) is 13.4. The second kappa shape index (κ2) is 13.2. The fraction of sp³-hybridized carbons (Fsp3) is 0.267. The van der Waals surface area contributed by atoms with Gasteiger partial charge in [0, 0.05) is 41.8 Å². The van der Waals surface area contributed by atoms with Gasteiger partial charge in [-0.25, -0.2) is 23.1 Å². The van der Waals surface area contributed by atoms with Gasteiger partial charge in [-0.1, -0.05) is 26.0 Å². The SMILES string of the molecule is CC1(C)CCOC1.N#Cc1ccc(COc2cccc(-c3cc(F)c(Cc4nc(-c5nsc(=O)[nH]5)n[nH]4)cc3F)n2)c(F)c1. The molecule has 2 N–H and O–H groups in total. The van der Waals surface area contributed by atoms with E-state index >= 15 is 0 Å². The quantitative estimate of drug-likeness (QED) is 0.240. The largest absolute Gasteiger partial charge is 0.473 e. The van der Waals surface area contributed by atoms with Crippen molar-refractivity contribution < 1.29 is 22.6 Å². The lowest BCUT2D eigenvalue weighted by molar-refractivity contribution is 0.167. The molecule has 0 amide bonds. The predicted molar refractivity (Wildman–Crippen MR) is 155 cm³/mol. The molecule has 44 heavy (non-hydrogen) atoms. The number of benzene rings is 2. The maximum absolute atomic E-state index is 15.0. The van der Waals surface area contributed by atoms with Crippen molar-refractivity contribution in [2.45, 2.75) is 33.3 Å². The summed E-state index contributed by atoms with van der Waals surface area (Å²) in [5.41, 5.74) is 0.926. The van der Waals surface area contributed by atoms with Crippen molar-refractivity contribution in [3.05, 3.63) is 98.2 Å². The summed E-state index contributed by atoms with van der Waals surface area (Å²) in [6.45, 7) is 6.22. The zero-order chi connectivity index (χ0) is 31.3. The Hall–Kier alpha value is -4.87. The van der Waals surface area contributed by atoms with Crippen LogP contribution in [0.3, 0.4) is 0 Å². The van der Waals surface area contributed by atoms with E-state index < -0.39 is 17.5 Å². The highest BCUT2D eigenvalue weighted by atomic mass is 32.1. The lowest BCUT2D eigenvalue weighted by Crippen LogP contribution is -2.08. The molecule has 0 spiro atoms. The van der Waals surface area contributed by atoms with E-state index in [9.17, 15) is 18.0 Å². The van der Waals surface area contributed by atoms with Crippen LogP contribution < -0.4 is 9.61 Å². The van der Waals surface area contributed by atoms with Gasteiger partial charge in [0.15, 0.2) is 5.82 Å². The maximum Gasteiger partial charge on any atom is 0.323 e. The second-order valence-electron chi connectivity index (χ2n) is 10.7. The molecule has 4 heterocycles. The van der Waals surface area contributed by atoms with Gasteiger partial charge in [0.1, 0.15) is 29.9 Å². The van der Waals surface area contributed by atoms with Crippen molar-refractivity contribution in [3.63, 3.8) is 0 Å². The molecule has 5 aromatic rings. The molecule has 0 bridgehead atoms. The summed E-state index contributed by atoms with van der Waals surface area (Å²) in [5, 5.41) is 15.4. The molecule has 0 unspecified atom stereocenters. The number of H-pyrrole nitrogens is 2. The lowest BCUT2D eigenvalue weighted by atomic mass is 9.94. The highest BCUT2D eigenvalue weighted by molar-refractivity contribution is 7.03. The minimum absolute atomic E-state index is 0.0272. The van der Waals surface area contributed by atoms with Crippen LogP contribution in [0.15, 0.2) is 53.3 Å². The van der Waals surface area contributed by atoms with Gasteiger partial charge in [-0.2, -0.15) is 14.7 Å². The number of aromatic amines is 2. The monoisotopic (exact) mass is 621 g/mol. The minimum atomic E-state index is -0.720. The summed E-state index contributed by atoms with van der Waals surface area (Å²) >= 11 is 0.714. The van der Waals surface area contributed by atoms with Gasteiger partial charge in [0.2, 0.25) is 11.7 Å². The van der Waals surface area contributed by atoms with Crippen molar-refractivity contribution >= 4 is 11.5 Å². The smallest absolute Gasteiger partial charge is 0.323 e. The van der Waals surface area contributed by atoms with E-state index in [1.165, 1.54) is 30.7 Å². The number of ether oxygens (including phenoxy) is 2. The van der Waals surface area contributed by atoms with Crippen LogP contribution in [-0.4, -0.2) is 42.7 Å². The third-order valence-electron chi connectivity index (χ3n) is 6.65.